The molecule has 3 aromatic rings. The maximum atomic E-state index is 13.6. The van der Waals surface area contributed by atoms with E-state index in [2.05, 4.69) is 10.3 Å². The standard InChI is InChI=1S/C32H35FN2O8/c1-20-29(43-25-9-5-4-6-10-25)23(18-22-12-14-24(33)15-13-22)8-7-11-26(32(38)42-20)35-31(37)28-30(41-19-40-21(2)36)27(39-3)16-17-34-28/h4-6,9-10,12-17,20,23,26,29H,7-8,11,18-19H2,1-3H3,(H,35,37). The van der Waals surface area contributed by atoms with E-state index in [1.54, 1.807) is 19.1 Å². The molecule has 0 spiro atoms. The quantitative estimate of drug-likeness (QED) is 0.264. The van der Waals surface area contributed by atoms with Crippen LogP contribution in [0.1, 0.15) is 49.2 Å². The minimum atomic E-state index is -0.980. The zero-order valence-electron chi connectivity index (χ0n) is 24.3. The summed E-state index contributed by atoms with van der Waals surface area (Å²) in [5.74, 6) is -1.48. The summed E-state index contributed by atoms with van der Waals surface area (Å²) in [5.41, 5.74) is 0.785. The molecular formula is C32H35FN2O8. The summed E-state index contributed by atoms with van der Waals surface area (Å²) in [6.07, 6.45) is 2.27. The molecule has 1 amide bonds. The average Bonchev–Trinajstić information content (AvgIpc) is 3.04. The Morgan fingerprint density at radius 1 is 1.07 bits per heavy atom. The van der Waals surface area contributed by atoms with E-state index in [0.29, 0.717) is 31.4 Å². The van der Waals surface area contributed by atoms with E-state index in [4.69, 9.17) is 23.7 Å². The van der Waals surface area contributed by atoms with Crippen LogP contribution in [0.25, 0.3) is 0 Å². The van der Waals surface area contributed by atoms with E-state index in [1.165, 1.54) is 38.4 Å². The van der Waals surface area contributed by atoms with Crippen molar-refractivity contribution < 1.29 is 42.5 Å². The molecule has 0 radical (unpaired) electrons. The second-order valence-corrected chi connectivity index (χ2v) is 10.2. The SMILES string of the molecule is COc1ccnc(C(=O)NC2CCCC(Cc3ccc(F)cc3)C(Oc3ccccc3)C(C)OC2=O)c1OCOC(C)=O. The van der Waals surface area contributed by atoms with Crippen molar-refractivity contribution in [3.63, 3.8) is 0 Å². The number of halogens is 1. The van der Waals surface area contributed by atoms with E-state index in [-0.39, 0.29) is 28.9 Å². The Morgan fingerprint density at radius 2 is 1.81 bits per heavy atom. The van der Waals surface area contributed by atoms with Crippen LogP contribution in [0.5, 0.6) is 17.2 Å². The highest BCUT2D eigenvalue weighted by Gasteiger charge is 2.36. The second kappa shape index (κ2) is 15.0. The summed E-state index contributed by atoms with van der Waals surface area (Å²) in [7, 11) is 1.39. The summed E-state index contributed by atoms with van der Waals surface area (Å²) in [6.45, 7) is 2.53. The third-order valence-electron chi connectivity index (χ3n) is 7.08. The first-order valence-electron chi connectivity index (χ1n) is 14.0. The van der Waals surface area contributed by atoms with Crippen LogP contribution in [0.3, 0.4) is 0 Å². The first-order valence-corrected chi connectivity index (χ1v) is 14.0. The van der Waals surface area contributed by atoms with Crippen LogP contribution in [-0.4, -0.2) is 55.0 Å². The number of cyclic esters (lactones) is 1. The molecule has 2 aromatic carbocycles. The number of benzene rings is 2. The van der Waals surface area contributed by atoms with Crippen molar-refractivity contribution in [1.29, 1.82) is 0 Å². The monoisotopic (exact) mass is 594 g/mol. The topological polar surface area (TPSA) is 122 Å². The van der Waals surface area contributed by atoms with Gasteiger partial charge >= 0.3 is 11.9 Å². The Morgan fingerprint density at radius 3 is 2.51 bits per heavy atom. The largest absolute Gasteiger partial charge is 0.493 e. The van der Waals surface area contributed by atoms with Gasteiger partial charge in [0, 0.05) is 25.1 Å². The highest BCUT2D eigenvalue weighted by molar-refractivity contribution is 5.98. The zero-order chi connectivity index (χ0) is 30.8. The molecule has 0 bridgehead atoms. The fourth-order valence-corrected chi connectivity index (χ4v) is 4.99. The molecule has 2 heterocycles. The van der Waals surface area contributed by atoms with E-state index >= 15 is 0 Å². The highest BCUT2D eigenvalue weighted by Crippen LogP contribution is 2.31. The number of hydrogen-bond donors (Lipinski definition) is 1. The number of hydrogen-bond acceptors (Lipinski definition) is 9. The molecule has 1 N–H and O–H groups in total. The van der Waals surface area contributed by atoms with Gasteiger partial charge in [0.15, 0.2) is 17.2 Å². The molecule has 4 atom stereocenters. The summed E-state index contributed by atoms with van der Waals surface area (Å²) in [4.78, 5) is 42.1. The molecule has 11 heteroatoms. The summed E-state index contributed by atoms with van der Waals surface area (Å²) < 4.78 is 41.5. The van der Waals surface area contributed by atoms with Crippen LogP contribution < -0.4 is 19.5 Å². The highest BCUT2D eigenvalue weighted by atomic mass is 19.1. The number of nitrogens with zero attached hydrogens (tertiary/aromatic N) is 1. The predicted octanol–water partition coefficient (Wildman–Crippen LogP) is 4.65. The van der Waals surface area contributed by atoms with Gasteiger partial charge in [-0.05, 0) is 56.0 Å². The molecule has 1 aliphatic rings. The van der Waals surface area contributed by atoms with Gasteiger partial charge in [-0.3, -0.25) is 9.59 Å². The van der Waals surface area contributed by atoms with E-state index < -0.39 is 42.9 Å². The molecule has 0 saturated carbocycles. The summed E-state index contributed by atoms with van der Waals surface area (Å²) >= 11 is 0. The fraction of sp³-hybridized carbons (Fsp3) is 0.375. The van der Waals surface area contributed by atoms with Gasteiger partial charge in [0.05, 0.1) is 7.11 Å². The molecule has 10 nitrogen and oxygen atoms in total. The van der Waals surface area contributed by atoms with Gasteiger partial charge in [0.1, 0.15) is 29.8 Å². The predicted molar refractivity (Wildman–Crippen MR) is 153 cm³/mol. The summed E-state index contributed by atoms with van der Waals surface area (Å²) in [6, 6.07) is 16.1. The Hall–Kier alpha value is -4.67. The van der Waals surface area contributed by atoms with Crippen LogP contribution >= 0.6 is 0 Å². The lowest BCUT2D eigenvalue weighted by atomic mass is 9.86. The molecule has 1 fully saturated rings. The maximum Gasteiger partial charge on any atom is 0.329 e. The lowest BCUT2D eigenvalue weighted by molar-refractivity contribution is -0.156. The molecule has 0 aliphatic carbocycles. The van der Waals surface area contributed by atoms with Crippen molar-refractivity contribution in [1.82, 2.24) is 10.3 Å². The fourth-order valence-electron chi connectivity index (χ4n) is 4.99. The molecule has 1 aromatic heterocycles. The lowest BCUT2D eigenvalue weighted by Gasteiger charge is -2.31. The number of carbonyl (C=O) groups excluding carboxylic acids is 3. The first kappa shape index (κ1) is 31.3. The van der Waals surface area contributed by atoms with Crippen LogP contribution in [-0.2, 0) is 25.5 Å². The van der Waals surface area contributed by atoms with Gasteiger partial charge < -0.3 is 29.0 Å². The Kier molecular flexibility index (Phi) is 10.9. The Labute approximate surface area is 249 Å². The second-order valence-electron chi connectivity index (χ2n) is 10.2. The third kappa shape index (κ3) is 8.67. The van der Waals surface area contributed by atoms with Gasteiger partial charge in [0.25, 0.3) is 5.91 Å². The van der Waals surface area contributed by atoms with Gasteiger partial charge in [-0.25, -0.2) is 14.2 Å². The zero-order valence-corrected chi connectivity index (χ0v) is 24.3. The lowest BCUT2D eigenvalue weighted by Crippen LogP contribution is -2.45. The third-order valence-corrected chi connectivity index (χ3v) is 7.08. The van der Waals surface area contributed by atoms with E-state index in [1.807, 2.05) is 30.3 Å². The smallest absolute Gasteiger partial charge is 0.329 e. The number of para-hydroxylation sites is 1. The molecule has 1 aliphatic heterocycles. The number of aromatic nitrogens is 1. The number of ether oxygens (including phenoxy) is 5. The van der Waals surface area contributed by atoms with Crippen molar-refractivity contribution >= 4 is 17.8 Å². The van der Waals surface area contributed by atoms with Crippen molar-refractivity contribution in [2.24, 2.45) is 5.92 Å². The normalized spacial score (nSPS) is 20.4. The van der Waals surface area contributed by atoms with Crippen molar-refractivity contribution in [3.05, 3.63) is 83.9 Å². The number of esters is 2. The maximum absolute atomic E-state index is 13.6. The molecule has 4 unspecified atom stereocenters. The molecule has 43 heavy (non-hydrogen) atoms. The number of pyridine rings is 1. The number of rotatable bonds is 10. The van der Waals surface area contributed by atoms with Gasteiger partial charge in [-0.2, -0.15) is 0 Å². The van der Waals surface area contributed by atoms with Crippen LogP contribution in [0.2, 0.25) is 0 Å². The molecule has 1 saturated heterocycles. The Balaban J connectivity index is 1.54. The van der Waals surface area contributed by atoms with Crippen molar-refractivity contribution in [2.75, 3.05) is 13.9 Å². The number of amides is 1. The summed E-state index contributed by atoms with van der Waals surface area (Å²) in [5, 5.41) is 2.73. The minimum Gasteiger partial charge on any atom is -0.493 e. The van der Waals surface area contributed by atoms with Gasteiger partial charge in [-0.15, -0.1) is 0 Å². The average molecular weight is 595 g/mol. The van der Waals surface area contributed by atoms with Gasteiger partial charge in [-0.1, -0.05) is 36.8 Å². The van der Waals surface area contributed by atoms with Crippen LogP contribution in [0.4, 0.5) is 4.39 Å². The van der Waals surface area contributed by atoms with Crippen molar-refractivity contribution in [2.45, 2.75) is 57.8 Å². The number of methoxy groups -OCH3 is 1. The molecule has 4 rings (SSSR count). The van der Waals surface area contributed by atoms with Crippen LogP contribution in [0.15, 0.2) is 66.9 Å². The minimum absolute atomic E-state index is 0.0377. The molecule has 228 valence electrons. The van der Waals surface area contributed by atoms with Gasteiger partial charge in [0.2, 0.25) is 6.79 Å². The Bertz CT molecular complexity index is 1390. The van der Waals surface area contributed by atoms with Crippen LogP contribution in [0, 0.1) is 11.7 Å². The van der Waals surface area contributed by atoms with E-state index in [9.17, 15) is 18.8 Å². The number of carbonyl (C=O) groups is 3. The van der Waals surface area contributed by atoms with Crippen molar-refractivity contribution in [3.8, 4) is 17.2 Å². The molecular weight excluding hydrogens is 559 g/mol. The number of nitrogens with one attached hydrogen (secondary N) is 1. The van der Waals surface area contributed by atoms with E-state index in [0.717, 1.165) is 5.56 Å². The first-order chi connectivity index (χ1) is 20.7.